The summed E-state index contributed by atoms with van der Waals surface area (Å²) in [4.78, 5) is 4.38. The van der Waals surface area contributed by atoms with Gasteiger partial charge in [-0.1, -0.05) is 23.5 Å². The number of hydrogen-bond donors (Lipinski definition) is 1. The lowest BCUT2D eigenvalue weighted by Gasteiger charge is -1.96. The van der Waals surface area contributed by atoms with Crippen molar-refractivity contribution in [2.45, 2.75) is 6.92 Å². The van der Waals surface area contributed by atoms with Crippen LogP contribution in [0.2, 0.25) is 0 Å². The average molecular weight is 303 g/mol. The Labute approximate surface area is 124 Å². The van der Waals surface area contributed by atoms with E-state index in [-0.39, 0.29) is 5.56 Å². The van der Waals surface area contributed by atoms with Gasteiger partial charge in [-0.25, -0.2) is 13.8 Å². The molecule has 3 nitrogen and oxygen atoms in total. The zero-order chi connectivity index (χ0) is 14.8. The molecule has 3 aromatic rings. The van der Waals surface area contributed by atoms with Crippen molar-refractivity contribution in [3.63, 3.8) is 0 Å². The molecule has 0 spiro atoms. The molecule has 1 heterocycles. The molecule has 0 amide bonds. The van der Waals surface area contributed by atoms with Gasteiger partial charge in [0.1, 0.15) is 11.6 Å². The van der Waals surface area contributed by atoms with Crippen LogP contribution < -0.4 is 5.43 Å². The molecule has 0 aliphatic rings. The number of nitrogens with one attached hydrogen (secondary N) is 1. The lowest BCUT2D eigenvalue weighted by Crippen LogP contribution is -1.93. The molecule has 3 rings (SSSR count). The van der Waals surface area contributed by atoms with Gasteiger partial charge in [-0.05, 0) is 30.7 Å². The molecule has 0 saturated heterocycles. The first-order valence-corrected chi connectivity index (χ1v) is 7.05. The van der Waals surface area contributed by atoms with Crippen LogP contribution in [0.1, 0.15) is 11.1 Å². The van der Waals surface area contributed by atoms with Gasteiger partial charge in [0.2, 0.25) is 5.13 Å². The molecule has 0 unspecified atom stereocenters. The Kier molecular flexibility index (Phi) is 3.62. The molecule has 2 aromatic carbocycles. The normalized spacial score (nSPS) is 11.4. The first kappa shape index (κ1) is 13.6. The number of halogens is 2. The third-order valence-electron chi connectivity index (χ3n) is 2.94. The summed E-state index contributed by atoms with van der Waals surface area (Å²) in [6, 6.07) is 9.22. The van der Waals surface area contributed by atoms with Gasteiger partial charge in [-0.2, -0.15) is 5.10 Å². The summed E-state index contributed by atoms with van der Waals surface area (Å²) in [5.74, 6) is -1.26. The monoisotopic (exact) mass is 303 g/mol. The molecule has 0 radical (unpaired) electrons. The maximum absolute atomic E-state index is 13.4. The molecule has 106 valence electrons. The SMILES string of the molecule is Cc1cccc2nc(N/N=C\c3ccc(F)cc3F)sc12. The van der Waals surface area contributed by atoms with E-state index < -0.39 is 11.6 Å². The molecule has 0 aliphatic carbocycles. The molecule has 0 atom stereocenters. The number of fused-ring (bicyclic) bond motifs is 1. The van der Waals surface area contributed by atoms with Crippen LogP contribution in [0.4, 0.5) is 13.9 Å². The van der Waals surface area contributed by atoms with E-state index in [1.165, 1.54) is 29.7 Å². The number of hydrogen-bond acceptors (Lipinski definition) is 4. The van der Waals surface area contributed by atoms with Crippen molar-refractivity contribution < 1.29 is 8.78 Å². The second-order valence-electron chi connectivity index (χ2n) is 4.48. The summed E-state index contributed by atoms with van der Waals surface area (Å²) in [6.07, 6.45) is 1.30. The van der Waals surface area contributed by atoms with Crippen molar-refractivity contribution in [2.24, 2.45) is 5.10 Å². The summed E-state index contributed by atoms with van der Waals surface area (Å²) >= 11 is 1.48. The molecular formula is C15H11F2N3S. The van der Waals surface area contributed by atoms with E-state index >= 15 is 0 Å². The van der Waals surface area contributed by atoms with Crippen LogP contribution in [0.5, 0.6) is 0 Å². The average Bonchev–Trinajstić information content (AvgIpc) is 2.86. The van der Waals surface area contributed by atoms with E-state index in [1.807, 2.05) is 25.1 Å². The van der Waals surface area contributed by atoms with Gasteiger partial charge in [-0.3, -0.25) is 5.43 Å². The minimum absolute atomic E-state index is 0.209. The summed E-state index contributed by atoms with van der Waals surface area (Å²) in [5, 5.41) is 4.56. The van der Waals surface area contributed by atoms with Crippen molar-refractivity contribution in [3.05, 3.63) is 59.2 Å². The molecule has 1 N–H and O–H groups in total. The Balaban J connectivity index is 1.79. The number of rotatable bonds is 3. The summed E-state index contributed by atoms with van der Waals surface area (Å²) in [7, 11) is 0. The fraction of sp³-hybridized carbons (Fsp3) is 0.0667. The maximum atomic E-state index is 13.4. The Morgan fingerprint density at radius 3 is 2.86 bits per heavy atom. The van der Waals surface area contributed by atoms with Crippen LogP contribution in [-0.2, 0) is 0 Å². The number of aryl methyl sites for hydroxylation is 1. The number of hydrazone groups is 1. The van der Waals surface area contributed by atoms with Crippen molar-refractivity contribution >= 4 is 32.9 Å². The lowest BCUT2D eigenvalue weighted by atomic mass is 10.2. The summed E-state index contributed by atoms with van der Waals surface area (Å²) in [5.41, 5.74) is 5.02. The fourth-order valence-electron chi connectivity index (χ4n) is 1.90. The highest BCUT2D eigenvalue weighted by atomic mass is 32.1. The Morgan fingerprint density at radius 1 is 1.24 bits per heavy atom. The van der Waals surface area contributed by atoms with Crippen LogP contribution in [0.3, 0.4) is 0 Å². The van der Waals surface area contributed by atoms with Crippen LogP contribution in [0.15, 0.2) is 41.5 Å². The van der Waals surface area contributed by atoms with Gasteiger partial charge >= 0.3 is 0 Å². The molecular weight excluding hydrogens is 292 g/mol. The van der Waals surface area contributed by atoms with E-state index in [1.54, 1.807) is 0 Å². The zero-order valence-corrected chi connectivity index (χ0v) is 11.9. The fourth-order valence-corrected chi connectivity index (χ4v) is 2.78. The second-order valence-corrected chi connectivity index (χ2v) is 5.48. The van der Waals surface area contributed by atoms with Gasteiger partial charge < -0.3 is 0 Å². The van der Waals surface area contributed by atoms with Crippen molar-refractivity contribution in [3.8, 4) is 0 Å². The second kappa shape index (κ2) is 5.57. The smallest absolute Gasteiger partial charge is 0.204 e. The van der Waals surface area contributed by atoms with E-state index in [2.05, 4.69) is 15.5 Å². The number of nitrogens with zero attached hydrogens (tertiary/aromatic N) is 2. The zero-order valence-electron chi connectivity index (χ0n) is 11.1. The first-order valence-electron chi connectivity index (χ1n) is 6.24. The van der Waals surface area contributed by atoms with Gasteiger partial charge in [0.05, 0.1) is 16.4 Å². The third-order valence-corrected chi connectivity index (χ3v) is 4.05. The largest absolute Gasteiger partial charge is 0.253 e. The van der Waals surface area contributed by atoms with E-state index in [9.17, 15) is 8.78 Å². The van der Waals surface area contributed by atoms with Crippen LogP contribution in [0.25, 0.3) is 10.2 Å². The number of aromatic nitrogens is 1. The van der Waals surface area contributed by atoms with Crippen molar-refractivity contribution in [1.82, 2.24) is 4.98 Å². The quantitative estimate of drug-likeness (QED) is 0.577. The summed E-state index contributed by atoms with van der Waals surface area (Å²) in [6.45, 7) is 2.02. The predicted molar refractivity (Wildman–Crippen MR) is 81.9 cm³/mol. The Bertz CT molecular complexity index is 827. The predicted octanol–water partition coefficient (Wildman–Crippen LogP) is 4.33. The van der Waals surface area contributed by atoms with Gasteiger partial charge in [-0.15, -0.1) is 0 Å². The molecule has 0 fully saturated rings. The van der Waals surface area contributed by atoms with Gasteiger partial charge in [0, 0.05) is 11.6 Å². The number of benzene rings is 2. The van der Waals surface area contributed by atoms with Gasteiger partial charge in [0.25, 0.3) is 0 Å². The molecule has 21 heavy (non-hydrogen) atoms. The van der Waals surface area contributed by atoms with Crippen molar-refractivity contribution in [2.75, 3.05) is 5.43 Å². The molecule has 0 saturated carbocycles. The van der Waals surface area contributed by atoms with E-state index in [0.717, 1.165) is 21.8 Å². The number of anilines is 1. The summed E-state index contributed by atoms with van der Waals surface area (Å²) < 4.78 is 27.3. The Hall–Kier alpha value is -2.34. The highest BCUT2D eigenvalue weighted by Gasteiger charge is 2.05. The van der Waals surface area contributed by atoms with E-state index in [0.29, 0.717) is 5.13 Å². The molecule has 0 aliphatic heterocycles. The molecule has 6 heteroatoms. The maximum Gasteiger partial charge on any atom is 0.204 e. The minimum atomic E-state index is -0.652. The van der Waals surface area contributed by atoms with E-state index in [4.69, 9.17) is 0 Å². The van der Waals surface area contributed by atoms with Gasteiger partial charge in [0.15, 0.2) is 0 Å². The van der Waals surface area contributed by atoms with Crippen LogP contribution in [0, 0.1) is 18.6 Å². The minimum Gasteiger partial charge on any atom is -0.253 e. The first-order chi connectivity index (χ1) is 10.1. The molecule has 1 aromatic heterocycles. The number of thiazole rings is 1. The third kappa shape index (κ3) is 2.90. The standard InChI is InChI=1S/C15H11F2N3S/c1-9-3-2-4-13-14(9)21-15(19-13)20-18-8-10-5-6-11(16)7-12(10)17/h2-8H,1H3,(H,19,20)/b18-8-. The Morgan fingerprint density at radius 2 is 2.10 bits per heavy atom. The topological polar surface area (TPSA) is 37.3 Å². The van der Waals surface area contributed by atoms with Crippen molar-refractivity contribution in [1.29, 1.82) is 0 Å². The van der Waals surface area contributed by atoms with Crippen LogP contribution >= 0.6 is 11.3 Å². The molecule has 0 bridgehead atoms. The van der Waals surface area contributed by atoms with Crippen LogP contribution in [-0.4, -0.2) is 11.2 Å². The lowest BCUT2D eigenvalue weighted by molar-refractivity contribution is 0.582. The highest BCUT2D eigenvalue weighted by Crippen LogP contribution is 2.28. The highest BCUT2D eigenvalue weighted by molar-refractivity contribution is 7.22.